The van der Waals surface area contributed by atoms with Gasteiger partial charge in [0.2, 0.25) is 0 Å². The van der Waals surface area contributed by atoms with Crippen LogP contribution in [-0.2, 0) is 0 Å². The van der Waals surface area contributed by atoms with Gasteiger partial charge in [0.1, 0.15) is 11.2 Å². The molecule has 0 saturated carbocycles. The van der Waals surface area contributed by atoms with E-state index in [1.807, 2.05) is 0 Å². The number of aromatic nitrogens is 3. The highest BCUT2D eigenvalue weighted by atomic mass is 16.3. The van der Waals surface area contributed by atoms with Crippen molar-refractivity contribution in [3.63, 3.8) is 0 Å². The Morgan fingerprint density at radius 1 is 0.276 bits per heavy atom. The third kappa shape index (κ3) is 4.23. The predicted molar refractivity (Wildman–Crippen MR) is 242 cm³/mol. The van der Waals surface area contributed by atoms with Crippen molar-refractivity contribution in [3.05, 3.63) is 200 Å². The molecule has 270 valence electrons. The van der Waals surface area contributed by atoms with Gasteiger partial charge in [-0.1, -0.05) is 127 Å². The van der Waals surface area contributed by atoms with Crippen molar-refractivity contribution in [1.29, 1.82) is 0 Å². The predicted octanol–water partition coefficient (Wildman–Crippen LogP) is 14.5. The Morgan fingerprint density at radius 2 is 0.810 bits per heavy atom. The van der Waals surface area contributed by atoms with E-state index in [2.05, 4.69) is 214 Å². The molecule has 0 aliphatic heterocycles. The maximum absolute atomic E-state index is 6.53. The highest BCUT2D eigenvalue weighted by Gasteiger charge is 2.26. The zero-order valence-corrected chi connectivity index (χ0v) is 31.3. The minimum Gasteiger partial charge on any atom is -0.456 e. The first-order valence-corrected chi connectivity index (χ1v) is 19.9. The zero-order chi connectivity index (χ0) is 37.9. The van der Waals surface area contributed by atoms with Crippen molar-refractivity contribution in [2.75, 3.05) is 0 Å². The van der Waals surface area contributed by atoms with Gasteiger partial charge in [-0.3, -0.25) is 0 Å². The summed E-state index contributed by atoms with van der Waals surface area (Å²) in [5, 5.41) is 9.56. The minimum absolute atomic E-state index is 0.896. The lowest BCUT2D eigenvalue weighted by Gasteiger charge is -2.11. The molecule has 0 unspecified atom stereocenters. The molecule has 4 nitrogen and oxygen atoms in total. The highest BCUT2D eigenvalue weighted by molar-refractivity contribution is 6.36. The summed E-state index contributed by atoms with van der Waals surface area (Å²) < 4.78 is 14.0. The molecule has 0 bridgehead atoms. The van der Waals surface area contributed by atoms with Gasteiger partial charge in [-0.05, 0) is 83.9 Å². The Balaban J connectivity index is 1.31. The second kappa shape index (κ2) is 11.8. The van der Waals surface area contributed by atoms with Crippen LogP contribution in [0.25, 0.3) is 116 Å². The number of hydrogen-bond donors (Lipinski definition) is 0. The third-order valence-corrected chi connectivity index (χ3v) is 12.2. The largest absolute Gasteiger partial charge is 0.456 e. The van der Waals surface area contributed by atoms with Crippen molar-refractivity contribution in [2.24, 2.45) is 0 Å². The van der Waals surface area contributed by atoms with Gasteiger partial charge in [0.25, 0.3) is 0 Å². The molecule has 0 spiro atoms. The van der Waals surface area contributed by atoms with Crippen molar-refractivity contribution in [1.82, 2.24) is 13.7 Å². The highest BCUT2D eigenvalue weighted by Crippen LogP contribution is 2.48. The van der Waals surface area contributed by atoms with Crippen LogP contribution >= 0.6 is 0 Å². The van der Waals surface area contributed by atoms with Crippen LogP contribution in [-0.4, -0.2) is 13.7 Å². The molecule has 0 N–H and O–H groups in total. The first-order valence-electron chi connectivity index (χ1n) is 19.9. The van der Waals surface area contributed by atoms with Crippen LogP contribution in [0.15, 0.2) is 205 Å². The maximum atomic E-state index is 6.53. The first-order chi connectivity index (χ1) is 28.8. The SMILES string of the molecule is c1ccc(-c2cccc(-n3c4ccc5c6ccccc6n(-c6ccccc6)c5c4c4c3ccc3c5c6c(ccc5n(-c5ccccc5)c34)oc3ccccc36)c2)cc1. The zero-order valence-electron chi connectivity index (χ0n) is 31.3. The molecule has 4 heteroatoms. The molecule has 9 aromatic carbocycles. The molecule has 13 rings (SSSR count). The summed E-state index contributed by atoms with van der Waals surface area (Å²) in [4.78, 5) is 0. The van der Waals surface area contributed by atoms with E-state index in [-0.39, 0.29) is 0 Å². The summed E-state index contributed by atoms with van der Waals surface area (Å²) in [6, 6.07) is 72.4. The van der Waals surface area contributed by atoms with Crippen LogP contribution in [0.4, 0.5) is 0 Å². The number of furan rings is 1. The lowest BCUT2D eigenvalue weighted by molar-refractivity contribution is 0.669. The molecule has 0 saturated heterocycles. The fourth-order valence-corrected chi connectivity index (χ4v) is 9.87. The van der Waals surface area contributed by atoms with Crippen molar-refractivity contribution < 1.29 is 4.42 Å². The maximum Gasteiger partial charge on any atom is 0.136 e. The summed E-state index contributed by atoms with van der Waals surface area (Å²) in [5.41, 5.74) is 14.6. The second-order valence-electron chi connectivity index (χ2n) is 15.3. The standard InChI is InChI=1S/C54H33N3O/c1-4-15-34(16-5-1)35-17-14-22-38(33-35)55-45-29-27-40-39-23-10-12-25-43(39)56(36-18-6-2-7-19-36)53(40)51(45)52-46(55)30-28-42-49-44(57(54(42)52)37-20-8-3-9-21-37)31-32-48-50(49)41-24-11-13-26-47(41)58-48/h1-33H. The van der Waals surface area contributed by atoms with E-state index in [0.29, 0.717) is 0 Å². The topological polar surface area (TPSA) is 27.9 Å². The summed E-state index contributed by atoms with van der Waals surface area (Å²) in [5.74, 6) is 0. The molecule has 0 fully saturated rings. The molecule has 0 aliphatic carbocycles. The smallest absolute Gasteiger partial charge is 0.136 e. The minimum atomic E-state index is 0.896. The van der Waals surface area contributed by atoms with Gasteiger partial charge in [0.15, 0.2) is 0 Å². The van der Waals surface area contributed by atoms with E-state index < -0.39 is 0 Å². The normalized spacial score (nSPS) is 12.1. The number of rotatable bonds is 4. The average molecular weight is 740 g/mol. The van der Waals surface area contributed by atoms with Crippen molar-refractivity contribution in [2.45, 2.75) is 0 Å². The van der Waals surface area contributed by atoms with Crippen LogP contribution in [0, 0.1) is 0 Å². The summed E-state index contributed by atoms with van der Waals surface area (Å²) in [6.45, 7) is 0. The third-order valence-electron chi connectivity index (χ3n) is 12.2. The van der Waals surface area contributed by atoms with E-state index in [1.165, 1.54) is 60.0 Å². The molecule has 4 aromatic heterocycles. The van der Waals surface area contributed by atoms with Gasteiger partial charge in [-0.25, -0.2) is 0 Å². The molecule has 0 radical (unpaired) electrons. The number of fused-ring (bicyclic) bond motifs is 15. The van der Waals surface area contributed by atoms with Gasteiger partial charge in [0, 0.05) is 60.2 Å². The molecule has 0 aliphatic rings. The summed E-state index contributed by atoms with van der Waals surface area (Å²) in [6.07, 6.45) is 0. The molecular formula is C54H33N3O. The van der Waals surface area contributed by atoms with Crippen LogP contribution < -0.4 is 0 Å². The van der Waals surface area contributed by atoms with Gasteiger partial charge in [-0.15, -0.1) is 0 Å². The quantitative estimate of drug-likeness (QED) is 0.177. The van der Waals surface area contributed by atoms with Crippen LogP contribution in [0.1, 0.15) is 0 Å². The Hall–Kier alpha value is -7.82. The van der Waals surface area contributed by atoms with E-state index in [4.69, 9.17) is 4.42 Å². The van der Waals surface area contributed by atoms with E-state index >= 15 is 0 Å². The molecule has 58 heavy (non-hydrogen) atoms. The molecular weight excluding hydrogens is 707 g/mol. The monoisotopic (exact) mass is 739 g/mol. The lowest BCUT2D eigenvalue weighted by Crippen LogP contribution is -1.95. The van der Waals surface area contributed by atoms with Crippen LogP contribution in [0.2, 0.25) is 0 Å². The summed E-state index contributed by atoms with van der Waals surface area (Å²) in [7, 11) is 0. The Kier molecular flexibility index (Phi) is 6.41. The fraction of sp³-hybridized carbons (Fsp3) is 0. The van der Waals surface area contributed by atoms with Gasteiger partial charge < -0.3 is 18.1 Å². The number of para-hydroxylation sites is 4. The number of hydrogen-bond acceptors (Lipinski definition) is 1. The van der Waals surface area contributed by atoms with E-state index in [1.54, 1.807) is 0 Å². The van der Waals surface area contributed by atoms with Crippen LogP contribution in [0.3, 0.4) is 0 Å². The Labute approximate surface area is 332 Å². The average Bonchev–Trinajstić information content (AvgIpc) is 4.03. The van der Waals surface area contributed by atoms with Gasteiger partial charge in [-0.2, -0.15) is 0 Å². The number of nitrogens with zero attached hydrogens (tertiary/aromatic N) is 3. The number of benzene rings is 9. The Morgan fingerprint density at radius 3 is 1.55 bits per heavy atom. The molecule has 0 atom stereocenters. The fourth-order valence-electron chi connectivity index (χ4n) is 9.87. The molecule has 13 aromatic rings. The second-order valence-corrected chi connectivity index (χ2v) is 15.3. The van der Waals surface area contributed by atoms with Crippen molar-refractivity contribution in [3.8, 4) is 28.2 Å². The Bertz CT molecular complexity index is 3770. The first kappa shape index (κ1) is 31.4. The van der Waals surface area contributed by atoms with Crippen molar-refractivity contribution >= 4 is 87.4 Å². The van der Waals surface area contributed by atoms with E-state index in [9.17, 15) is 0 Å². The lowest BCUT2D eigenvalue weighted by atomic mass is 10.0. The molecule has 4 heterocycles. The van der Waals surface area contributed by atoms with Gasteiger partial charge >= 0.3 is 0 Å². The van der Waals surface area contributed by atoms with Gasteiger partial charge in [0.05, 0.1) is 33.1 Å². The summed E-state index contributed by atoms with van der Waals surface area (Å²) >= 11 is 0. The molecule has 0 amide bonds. The van der Waals surface area contributed by atoms with E-state index in [0.717, 1.165) is 55.6 Å². The van der Waals surface area contributed by atoms with Crippen LogP contribution in [0.5, 0.6) is 0 Å².